The van der Waals surface area contributed by atoms with Crippen LogP contribution in [0.25, 0.3) is 0 Å². The van der Waals surface area contributed by atoms with Gasteiger partial charge in [-0.3, -0.25) is 4.79 Å². The average Bonchev–Trinajstić information content (AvgIpc) is 2.40. The molecule has 0 spiro atoms. The maximum Gasteiger partial charge on any atom is 0.255 e. The van der Waals surface area contributed by atoms with E-state index in [4.69, 9.17) is 11.6 Å². The number of rotatable bonds is 3. The highest BCUT2D eigenvalue weighted by Crippen LogP contribution is 2.14. The average molecular weight is 325 g/mol. The molecular formula is C14H11BrClNO. The molecule has 0 atom stereocenters. The van der Waals surface area contributed by atoms with E-state index in [0.717, 1.165) is 11.0 Å². The van der Waals surface area contributed by atoms with E-state index in [9.17, 15) is 4.79 Å². The van der Waals surface area contributed by atoms with Gasteiger partial charge in [-0.1, -0.05) is 39.7 Å². The summed E-state index contributed by atoms with van der Waals surface area (Å²) in [4.78, 5) is 11.9. The van der Waals surface area contributed by atoms with Gasteiger partial charge >= 0.3 is 0 Å². The Labute approximate surface area is 119 Å². The fraction of sp³-hybridized carbons (Fsp3) is 0.0714. The fourth-order valence-electron chi connectivity index (χ4n) is 1.48. The molecule has 0 aliphatic heterocycles. The third kappa shape index (κ3) is 3.34. The normalized spacial score (nSPS) is 10.1. The van der Waals surface area contributed by atoms with Gasteiger partial charge in [0.05, 0.1) is 0 Å². The smallest absolute Gasteiger partial charge is 0.255 e. The van der Waals surface area contributed by atoms with E-state index in [0.29, 0.717) is 10.6 Å². The molecule has 18 heavy (non-hydrogen) atoms. The van der Waals surface area contributed by atoms with E-state index in [1.165, 1.54) is 5.56 Å². The molecule has 0 unspecified atom stereocenters. The molecule has 4 heteroatoms. The predicted molar refractivity (Wildman–Crippen MR) is 78.5 cm³/mol. The fourth-order valence-corrected chi connectivity index (χ4v) is 1.98. The summed E-state index contributed by atoms with van der Waals surface area (Å²) in [7, 11) is 0. The first-order valence-corrected chi connectivity index (χ1v) is 6.91. The van der Waals surface area contributed by atoms with Crippen LogP contribution in [-0.2, 0) is 5.33 Å². The number of carbonyl (C=O) groups is 1. The van der Waals surface area contributed by atoms with Crippen LogP contribution in [0, 0.1) is 0 Å². The number of nitrogens with one attached hydrogen (secondary N) is 1. The molecule has 0 aliphatic carbocycles. The number of hydrogen-bond acceptors (Lipinski definition) is 1. The van der Waals surface area contributed by atoms with Gasteiger partial charge in [-0.25, -0.2) is 0 Å². The number of hydrogen-bond donors (Lipinski definition) is 1. The summed E-state index contributed by atoms with van der Waals surface area (Å²) in [5, 5.41) is 4.25. The van der Waals surface area contributed by atoms with Crippen LogP contribution in [0.4, 0.5) is 5.69 Å². The van der Waals surface area contributed by atoms with E-state index < -0.39 is 0 Å². The second-order valence-electron chi connectivity index (χ2n) is 3.79. The molecule has 0 aromatic heterocycles. The van der Waals surface area contributed by atoms with Gasteiger partial charge in [-0.05, 0) is 42.0 Å². The Kier molecular flexibility index (Phi) is 4.39. The van der Waals surface area contributed by atoms with Crippen molar-refractivity contribution in [3.8, 4) is 0 Å². The molecule has 0 radical (unpaired) electrons. The van der Waals surface area contributed by atoms with Gasteiger partial charge in [0, 0.05) is 21.6 Å². The highest BCUT2D eigenvalue weighted by molar-refractivity contribution is 9.08. The largest absolute Gasteiger partial charge is 0.322 e. The van der Waals surface area contributed by atoms with Gasteiger partial charge in [-0.2, -0.15) is 0 Å². The minimum absolute atomic E-state index is 0.141. The molecule has 0 saturated carbocycles. The molecule has 0 aliphatic rings. The van der Waals surface area contributed by atoms with E-state index in [1.807, 2.05) is 24.3 Å². The molecule has 0 saturated heterocycles. The van der Waals surface area contributed by atoms with Crippen LogP contribution in [-0.4, -0.2) is 5.91 Å². The Morgan fingerprint density at radius 2 is 1.67 bits per heavy atom. The maximum absolute atomic E-state index is 11.9. The van der Waals surface area contributed by atoms with E-state index in [-0.39, 0.29) is 5.91 Å². The minimum atomic E-state index is -0.141. The number of benzene rings is 2. The lowest BCUT2D eigenvalue weighted by molar-refractivity contribution is 0.102. The van der Waals surface area contributed by atoms with Crippen LogP contribution in [0.15, 0.2) is 48.5 Å². The van der Waals surface area contributed by atoms with Crippen molar-refractivity contribution in [2.75, 3.05) is 5.32 Å². The molecule has 1 N–H and O–H groups in total. The van der Waals surface area contributed by atoms with Crippen molar-refractivity contribution in [1.29, 1.82) is 0 Å². The van der Waals surface area contributed by atoms with E-state index in [2.05, 4.69) is 21.2 Å². The van der Waals surface area contributed by atoms with E-state index >= 15 is 0 Å². The van der Waals surface area contributed by atoms with Gasteiger partial charge in [0.15, 0.2) is 0 Å². The first-order chi connectivity index (χ1) is 8.69. The van der Waals surface area contributed by atoms with Crippen LogP contribution >= 0.6 is 27.5 Å². The second-order valence-corrected chi connectivity index (χ2v) is 4.79. The van der Waals surface area contributed by atoms with Crippen molar-refractivity contribution in [3.63, 3.8) is 0 Å². The zero-order chi connectivity index (χ0) is 13.0. The Morgan fingerprint density at radius 1 is 1.06 bits per heavy atom. The number of amides is 1. The molecular weight excluding hydrogens is 314 g/mol. The monoisotopic (exact) mass is 323 g/mol. The molecule has 2 rings (SSSR count). The molecule has 2 nitrogen and oxygen atoms in total. The van der Waals surface area contributed by atoms with Crippen LogP contribution in [0.5, 0.6) is 0 Å². The Balaban J connectivity index is 2.08. The molecule has 92 valence electrons. The van der Waals surface area contributed by atoms with Gasteiger partial charge < -0.3 is 5.32 Å². The summed E-state index contributed by atoms with van der Waals surface area (Å²) < 4.78 is 0. The quantitative estimate of drug-likeness (QED) is 0.828. The summed E-state index contributed by atoms with van der Waals surface area (Å²) in [6.07, 6.45) is 0. The maximum atomic E-state index is 11.9. The molecule has 0 heterocycles. The van der Waals surface area contributed by atoms with Crippen LogP contribution < -0.4 is 5.32 Å². The Bertz CT molecular complexity index is 537. The number of anilines is 1. The molecule has 0 bridgehead atoms. The number of halogens is 2. The summed E-state index contributed by atoms with van der Waals surface area (Å²) in [5.41, 5.74) is 2.53. The highest BCUT2D eigenvalue weighted by atomic mass is 79.9. The SMILES string of the molecule is O=C(Nc1ccc(CBr)cc1)c1ccc(Cl)cc1. The predicted octanol–water partition coefficient (Wildman–Crippen LogP) is 4.49. The molecule has 1 amide bonds. The Morgan fingerprint density at radius 3 is 2.22 bits per heavy atom. The van der Waals surface area contributed by atoms with Crippen molar-refractivity contribution in [2.24, 2.45) is 0 Å². The lowest BCUT2D eigenvalue weighted by atomic mass is 10.2. The van der Waals surface area contributed by atoms with Crippen molar-refractivity contribution in [2.45, 2.75) is 5.33 Å². The Hall–Kier alpha value is -1.32. The molecule has 2 aromatic rings. The van der Waals surface area contributed by atoms with Crippen LogP contribution in [0.3, 0.4) is 0 Å². The van der Waals surface area contributed by atoms with Crippen molar-refractivity contribution >= 4 is 39.1 Å². The second kappa shape index (κ2) is 6.03. The lowest BCUT2D eigenvalue weighted by Gasteiger charge is -2.06. The van der Waals surface area contributed by atoms with Crippen molar-refractivity contribution in [1.82, 2.24) is 0 Å². The van der Waals surface area contributed by atoms with Crippen LogP contribution in [0.2, 0.25) is 5.02 Å². The summed E-state index contributed by atoms with van der Waals surface area (Å²) >= 11 is 9.15. The van der Waals surface area contributed by atoms with Gasteiger partial charge in [0.25, 0.3) is 5.91 Å². The van der Waals surface area contributed by atoms with Crippen molar-refractivity contribution in [3.05, 3.63) is 64.7 Å². The summed E-state index contributed by atoms with van der Waals surface area (Å²) in [6.45, 7) is 0. The highest BCUT2D eigenvalue weighted by Gasteiger charge is 2.05. The summed E-state index contributed by atoms with van der Waals surface area (Å²) in [6, 6.07) is 14.5. The van der Waals surface area contributed by atoms with E-state index in [1.54, 1.807) is 24.3 Å². The first-order valence-electron chi connectivity index (χ1n) is 5.41. The number of carbonyl (C=O) groups excluding carboxylic acids is 1. The summed E-state index contributed by atoms with van der Waals surface area (Å²) in [5.74, 6) is -0.141. The van der Waals surface area contributed by atoms with Crippen molar-refractivity contribution < 1.29 is 4.79 Å². The molecule has 0 fully saturated rings. The third-order valence-corrected chi connectivity index (χ3v) is 3.37. The van der Waals surface area contributed by atoms with Gasteiger partial charge in [0.2, 0.25) is 0 Å². The van der Waals surface area contributed by atoms with Gasteiger partial charge in [-0.15, -0.1) is 0 Å². The van der Waals surface area contributed by atoms with Crippen LogP contribution in [0.1, 0.15) is 15.9 Å². The zero-order valence-corrected chi connectivity index (χ0v) is 11.8. The topological polar surface area (TPSA) is 29.1 Å². The standard InChI is InChI=1S/C14H11BrClNO/c15-9-10-1-7-13(8-2-10)17-14(18)11-3-5-12(16)6-4-11/h1-8H,9H2,(H,17,18). The lowest BCUT2D eigenvalue weighted by Crippen LogP contribution is -2.11. The number of alkyl halides is 1. The first kappa shape index (κ1) is 13.1. The third-order valence-electron chi connectivity index (χ3n) is 2.47. The minimum Gasteiger partial charge on any atom is -0.322 e. The van der Waals surface area contributed by atoms with Gasteiger partial charge in [0.1, 0.15) is 0 Å². The zero-order valence-electron chi connectivity index (χ0n) is 9.49. The molecule has 2 aromatic carbocycles.